The SMILES string of the molecule is COC(=O)c1ccc(/C(N)=N\OC(=O)CN2CCCC[C@H](NS(=O)(=O)Cc3ccccc3)C2=O)cc1. The molecule has 192 valence electrons. The fourth-order valence-electron chi connectivity index (χ4n) is 3.66. The molecule has 0 aromatic heterocycles. The van der Waals surface area contributed by atoms with E-state index in [1.165, 1.54) is 36.3 Å². The number of ether oxygens (including phenoxy) is 1. The molecule has 1 saturated heterocycles. The van der Waals surface area contributed by atoms with Crippen molar-refractivity contribution in [2.24, 2.45) is 10.9 Å². The summed E-state index contributed by atoms with van der Waals surface area (Å²) in [5.74, 6) is -2.20. The number of sulfonamides is 1. The number of oxime groups is 1. The van der Waals surface area contributed by atoms with Gasteiger partial charge in [-0.15, -0.1) is 0 Å². The number of nitrogens with zero attached hydrogens (tertiary/aromatic N) is 2. The second-order valence-corrected chi connectivity index (χ2v) is 9.93. The Bertz CT molecular complexity index is 1210. The van der Waals surface area contributed by atoms with E-state index in [9.17, 15) is 22.8 Å². The van der Waals surface area contributed by atoms with Gasteiger partial charge < -0.3 is 20.2 Å². The lowest BCUT2D eigenvalue weighted by atomic mass is 10.1. The van der Waals surface area contributed by atoms with Crippen molar-refractivity contribution in [2.45, 2.75) is 31.1 Å². The average molecular weight is 517 g/mol. The first-order valence-electron chi connectivity index (χ1n) is 11.2. The van der Waals surface area contributed by atoms with Crippen molar-refractivity contribution in [1.82, 2.24) is 9.62 Å². The first-order chi connectivity index (χ1) is 17.2. The molecule has 0 saturated carbocycles. The maximum absolute atomic E-state index is 13.0. The quantitative estimate of drug-likeness (QED) is 0.165. The molecule has 1 aliphatic rings. The van der Waals surface area contributed by atoms with E-state index >= 15 is 0 Å². The largest absolute Gasteiger partial charge is 0.465 e. The van der Waals surface area contributed by atoms with Gasteiger partial charge >= 0.3 is 11.9 Å². The van der Waals surface area contributed by atoms with Crippen molar-refractivity contribution in [3.8, 4) is 0 Å². The summed E-state index contributed by atoms with van der Waals surface area (Å²) in [5, 5.41) is 3.61. The van der Waals surface area contributed by atoms with E-state index < -0.39 is 40.5 Å². The summed E-state index contributed by atoms with van der Waals surface area (Å²) in [7, 11) is -2.51. The van der Waals surface area contributed by atoms with E-state index in [1.54, 1.807) is 30.3 Å². The van der Waals surface area contributed by atoms with E-state index in [0.29, 0.717) is 36.0 Å². The van der Waals surface area contributed by atoms with Gasteiger partial charge in [0.1, 0.15) is 12.6 Å². The molecule has 0 radical (unpaired) electrons. The molecule has 3 rings (SSSR count). The predicted octanol–water partition coefficient (Wildman–Crippen LogP) is 1.14. The fourth-order valence-corrected chi connectivity index (χ4v) is 5.02. The van der Waals surface area contributed by atoms with Crippen LogP contribution in [0.3, 0.4) is 0 Å². The van der Waals surface area contributed by atoms with Crippen LogP contribution in [0.5, 0.6) is 0 Å². The lowest BCUT2D eigenvalue weighted by molar-refractivity contribution is -0.149. The molecular weight excluding hydrogens is 488 g/mol. The molecule has 2 aromatic rings. The van der Waals surface area contributed by atoms with E-state index in [1.807, 2.05) is 0 Å². The van der Waals surface area contributed by atoms with E-state index in [2.05, 4.69) is 14.6 Å². The molecule has 0 bridgehead atoms. The monoisotopic (exact) mass is 516 g/mol. The maximum atomic E-state index is 13.0. The fraction of sp³-hybridized carbons (Fsp3) is 0.333. The molecule has 0 spiro atoms. The topological polar surface area (TPSA) is 157 Å². The summed E-state index contributed by atoms with van der Waals surface area (Å²) in [6, 6.07) is 13.7. The highest BCUT2D eigenvalue weighted by Crippen LogP contribution is 2.15. The average Bonchev–Trinajstić information content (AvgIpc) is 3.03. The second-order valence-electron chi connectivity index (χ2n) is 8.18. The standard InChI is InChI=1S/C24H28N4O7S/c1-34-24(31)19-12-10-18(11-13-19)22(25)26-35-21(29)15-28-14-6-5-9-20(23(28)30)27-36(32,33)16-17-7-3-2-4-8-17/h2-4,7-8,10-13,20,27H,5-6,9,14-16H2,1H3,(H2,25,26)/t20-/m0/s1. The van der Waals surface area contributed by atoms with Crippen LogP contribution in [0, 0.1) is 0 Å². The third-order valence-electron chi connectivity index (χ3n) is 5.47. The van der Waals surface area contributed by atoms with Crippen molar-refractivity contribution >= 4 is 33.7 Å². The number of esters is 1. The number of methoxy groups -OCH3 is 1. The van der Waals surface area contributed by atoms with Crippen molar-refractivity contribution in [3.63, 3.8) is 0 Å². The molecule has 12 heteroatoms. The van der Waals surface area contributed by atoms with Crippen LogP contribution in [0.25, 0.3) is 0 Å². The smallest absolute Gasteiger partial charge is 0.354 e. The zero-order valence-corrected chi connectivity index (χ0v) is 20.6. The van der Waals surface area contributed by atoms with E-state index in [0.717, 1.165) is 0 Å². The Morgan fingerprint density at radius 3 is 2.42 bits per heavy atom. The molecular formula is C24H28N4O7S. The Kier molecular flexibility index (Phi) is 9.14. The van der Waals surface area contributed by atoms with Gasteiger partial charge in [0.15, 0.2) is 5.84 Å². The van der Waals surface area contributed by atoms with Crippen LogP contribution in [-0.4, -0.2) is 63.2 Å². The highest BCUT2D eigenvalue weighted by molar-refractivity contribution is 7.88. The number of nitrogens with one attached hydrogen (secondary N) is 1. The van der Waals surface area contributed by atoms with Gasteiger partial charge in [-0.1, -0.05) is 47.6 Å². The lowest BCUT2D eigenvalue weighted by Crippen LogP contribution is -2.49. The highest BCUT2D eigenvalue weighted by Gasteiger charge is 2.31. The molecule has 1 amide bonds. The van der Waals surface area contributed by atoms with Crippen molar-refractivity contribution in [2.75, 3.05) is 20.2 Å². The van der Waals surface area contributed by atoms with Crippen LogP contribution in [0.2, 0.25) is 0 Å². The summed E-state index contributed by atoms with van der Waals surface area (Å²) in [6.45, 7) is -0.132. The van der Waals surface area contributed by atoms with Gasteiger partial charge in [0.25, 0.3) is 0 Å². The third kappa shape index (κ3) is 7.62. The number of carbonyl (C=O) groups excluding carboxylic acids is 3. The number of rotatable bonds is 9. The zero-order chi connectivity index (χ0) is 26.1. The Balaban J connectivity index is 1.58. The van der Waals surface area contributed by atoms with Gasteiger partial charge in [0.2, 0.25) is 15.9 Å². The molecule has 1 fully saturated rings. The highest BCUT2D eigenvalue weighted by atomic mass is 32.2. The molecule has 1 atom stereocenters. The summed E-state index contributed by atoms with van der Waals surface area (Å²) < 4.78 is 32.3. The summed E-state index contributed by atoms with van der Waals surface area (Å²) in [5.41, 5.74) is 7.17. The van der Waals surface area contributed by atoms with Crippen molar-refractivity contribution in [3.05, 3.63) is 71.3 Å². The zero-order valence-electron chi connectivity index (χ0n) is 19.8. The van der Waals surface area contributed by atoms with Crippen LogP contribution < -0.4 is 10.5 Å². The van der Waals surface area contributed by atoms with E-state index in [-0.39, 0.29) is 18.1 Å². The van der Waals surface area contributed by atoms with Gasteiger partial charge in [-0.2, -0.15) is 0 Å². The Labute approximate surface area is 209 Å². The van der Waals surface area contributed by atoms with Crippen molar-refractivity contribution < 1.29 is 32.4 Å². The predicted molar refractivity (Wildman–Crippen MR) is 131 cm³/mol. The molecule has 0 unspecified atom stereocenters. The number of hydrogen-bond donors (Lipinski definition) is 2. The van der Waals surface area contributed by atoms with Crippen LogP contribution in [0.15, 0.2) is 59.8 Å². The Morgan fingerprint density at radius 2 is 1.75 bits per heavy atom. The lowest BCUT2D eigenvalue weighted by Gasteiger charge is -2.23. The van der Waals surface area contributed by atoms with Gasteiger partial charge in [0, 0.05) is 12.1 Å². The molecule has 11 nitrogen and oxygen atoms in total. The minimum atomic E-state index is -3.78. The van der Waals surface area contributed by atoms with Crippen molar-refractivity contribution in [1.29, 1.82) is 0 Å². The summed E-state index contributed by atoms with van der Waals surface area (Å²) in [6.07, 6.45) is 1.54. The molecule has 3 N–H and O–H groups in total. The number of carbonyl (C=O) groups is 3. The van der Waals surface area contributed by atoms with Crippen LogP contribution in [-0.2, 0) is 34.9 Å². The number of amidine groups is 1. The van der Waals surface area contributed by atoms with E-state index in [4.69, 9.17) is 10.6 Å². The van der Waals surface area contributed by atoms with Gasteiger partial charge in [0.05, 0.1) is 18.4 Å². The number of nitrogens with two attached hydrogens (primary N) is 1. The van der Waals surface area contributed by atoms with Gasteiger partial charge in [-0.05, 0) is 37.0 Å². The summed E-state index contributed by atoms with van der Waals surface area (Å²) >= 11 is 0. The molecule has 0 aliphatic carbocycles. The first-order valence-corrected chi connectivity index (χ1v) is 12.9. The molecule has 2 aromatic carbocycles. The summed E-state index contributed by atoms with van der Waals surface area (Å²) in [4.78, 5) is 42.9. The molecule has 1 heterocycles. The number of amides is 1. The normalized spacial score (nSPS) is 16.8. The number of likely N-dealkylation sites (tertiary alicyclic amines) is 1. The number of benzene rings is 2. The van der Waals surface area contributed by atoms with Gasteiger partial charge in [-0.3, -0.25) is 4.79 Å². The van der Waals surface area contributed by atoms with Gasteiger partial charge in [-0.25, -0.2) is 22.7 Å². The first kappa shape index (κ1) is 26.8. The minimum Gasteiger partial charge on any atom is -0.465 e. The third-order valence-corrected chi connectivity index (χ3v) is 6.83. The maximum Gasteiger partial charge on any atom is 0.354 e. The van der Waals surface area contributed by atoms with Crippen LogP contribution >= 0.6 is 0 Å². The Hall–Kier alpha value is -3.77. The second kappa shape index (κ2) is 12.3. The minimum absolute atomic E-state index is 0.103. The molecule has 1 aliphatic heterocycles. The Morgan fingerprint density at radius 1 is 1.08 bits per heavy atom. The van der Waals surface area contributed by atoms with Crippen LogP contribution in [0.1, 0.15) is 40.7 Å². The number of hydrogen-bond acceptors (Lipinski definition) is 8. The molecule has 36 heavy (non-hydrogen) atoms. The van der Waals surface area contributed by atoms with Crippen LogP contribution in [0.4, 0.5) is 0 Å².